The van der Waals surface area contributed by atoms with E-state index in [0.717, 1.165) is 0 Å². The van der Waals surface area contributed by atoms with Gasteiger partial charge in [0.25, 0.3) is 0 Å². The van der Waals surface area contributed by atoms with Crippen molar-refractivity contribution in [3.8, 4) is 33.6 Å². The Morgan fingerprint density at radius 2 is 0.983 bits per heavy atom. The van der Waals surface area contributed by atoms with Crippen LogP contribution in [0.15, 0.2) is 212 Å². The maximum atomic E-state index is 2.54. The van der Waals surface area contributed by atoms with E-state index in [0.29, 0.717) is 0 Å². The minimum atomic E-state index is 0.121. The lowest BCUT2D eigenvalue weighted by Gasteiger charge is -2.18. The topological polar surface area (TPSA) is 9.86 Å². The van der Waals surface area contributed by atoms with Gasteiger partial charge in [0.2, 0.25) is 0 Å². The Kier molecular flexibility index (Phi) is 6.82. The molecule has 0 bridgehead atoms. The van der Waals surface area contributed by atoms with Crippen LogP contribution >= 0.6 is 0 Å². The first-order chi connectivity index (χ1) is 29.3. The summed E-state index contributed by atoms with van der Waals surface area (Å²) in [4.78, 5) is 0. The first kappa shape index (κ1) is 32.4. The van der Waals surface area contributed by atoms with E-state index in [-0.39, 0.29) is 5.92 Å². The number of hydrogen-bond donors (Lipinski definition) is 0. The SMILES string of the molecule is c1ccc(C2c3ccccc3-c3ccc4c5cc(-c6ccc7c(c6)c6ccccc6n7-c6cccc7ccccc67)ccc5n(-c5ccc6ccccc6c5)c4c32)cc1. The second-order valence-corrected chi connectivity index (χ2v) is 16.0. The van der Waals surface area contributed by atoms with Crippen molar-refractivity contribution in [2.75, 3.05) is 0 Å². The number of benzene rings is 10. The minimum absolute atomic E-state index is 0.121. The highest BCUT2D eigenvalue weighted by Gasteiger charge is 2.33. The Labute approximate surface area is 341 Å². The molecule has 0 N–H and O–H groups in total. The van der Waals surface area contributed by atoms with E-state index in [2.05, 4.69) is 221 Å². The number of nitrogens with zero attached hydrogens (tertiary/aromatic N) is 2. The van der Waals surface area contributed by atoms with Gasteiger partial charge in [0, 0.05) is 38.5 Å². The summed E-state index contributed by atoms with van der Waals surface area (Å²) in [6.07, 6.45) is 0. The minimum Gasteiger partial charge on any atom is -0.309 e. The molecule has 0 saturated heterocycles. The molecule has 10 aromatic carbocycles. The molecule has 2 aromatic heterocycles. The normalized spacial score (nSPS) is 13.6. The lowest BCUT2D eigenvalue weighted by Crippen LogP contribution is -2.03. The van der Waals surface area contributed by atoms with Gasteiger partial charge in [-0.3, -0.25) is 0 Å². The molecule has 1 atom stereocenters. The fourth-order valence-electron chi connectivity index (χ4n) is 10.4. The highest BCUT2D eigenvalue weighted by atomic mass is 15.0. The number of hydrogen-bond acceptors (Lipinski definition) is 0. The fraction of sp³-hybridized carbons (Fsp3) is 0.0175. The molecule has 12 aromatic rings. The zero-order chi connectivity index (χ0) is 38.6. The monoisotopic (exact) mass is 748 g/mol. The van der Waals surface area contributed by atoms with Crippen LogP contribution in [0.2, 0.25) is 0 Å². The van der Waals surface area contributed by atoms with Crippen LogP contribution in [0.1, 0.15) is 22.6 Å². The Morgan fingerprint density at radius 1 is 0.339 bits per heavy atom. The third kappa shape index (κ3) is 4.69. The molecule has 0 saturated carbocycles. The Bertz CT molecular complexity index is 3670. The van der Waals surface area contributed by atoms with Gasteiger partial charge in [-0.2, -0.15) is 0 Å². The molecule has 13 rings (SSSR count). The molecule has 2 heterocycles. The van der Waals surface area contributed by atoms with Crippen LogP contribution in [0.4, 0.5) is 0 Å². The summed E-state index contributed by atoms with van der Waals surface area (Å²) in [6.45, 7) is 0. The predicted octanol–water partition coefficient (Wildman–Crippen LogP) is 15.0. The highest BCUT2D eigenvalue weighted by molar-refractivity contribution is 6.15. The zero-order valence-corrected chi connectivity index (χ0v) is 32.2. The van der Waals surface area contributed by atoms with Crippen molar-refractivity contribution >= 4 is 65.2 Å². The van der Waals surface area contributed by atoms with Crippen molar-refractivity contribution in [2.24, 2.45) is 0 Å². The van der Waals surface area contributed by atoms with Crippen molar-refractivity contribution in [3.05, 3.63) is 229 Å². The zero-order valence-electron chi connectivity index (χ0n) is 32.2. The van der Waals surface area contributed by atoms with Crippen molar-refractivity contribution in [1.82, 2.24) is 9.13 Å². The van der Waals surface area contributed by atoms with Crippen LogP contribution in [-0.4, -0.2) is 9.13 Å². The smallest absolute Gasteiger partial charge is 0.0588 e. The summed E-state index contributed by atoms with van der Waals surface area (Å²) in [5.74, 6) is 0.121. The molecule has 0 amide bonds. The molecule has 0 fully saturated rings. The lowest BCUT2D eigenvalue weighted by molar-refractivity contribution is 1.01. The number of para-hydroxylation sites is 1. The maximum Gasteiger partial charge on any atom is 0.0588 e. The number of aromatic nitrogens is 2. The molecule has 59 heavy (non-hydrogen) atoms. The van der Waals surface area contributed by atoms with Crippen LogP contribution in [0.25, 0.3) is 98.8 Å². The van der Waals surface area contributed by atoms with Gasteiger partial charge in [-0.1, -0.05) is 164 Å². The number of fused-ring (bicyclic) bond motifs is 12. The van der Waals surface area contributed by atoms with E-state index in [1.165, 1.54) is 115 Å². The number of rotatable bonds is 4. The molecule has 0 radical (unpaired) electrons. The summed E-state index contributed by atoms with van der Waals surface area (Å²) in [7, 11) is 0. The van der Waals surface area contributed by atoms with E-state index in [1.54, 1.807) is 0 Å². The Morgan fingerprint density at radius 3 is 1.83 bits per heavy atom. The first-order valence-corrected chi connectivity index (χ1v) is 20.5. The van der Waals surface area contributed by atoms with Crippen LogP contribution in [0.3, 0.4) is 0 Å². The summed E-state index contributed by atoms with van der Waals surface area (Å²) >= 11 is 0. The second kappa shape index (κ2) is 12.4. The van der Waals surface area contributed by atoms with Crippen LogP contribution < -0.4 is 0 Å². The average molecular weight is 749 g/mol. The molecular formula is C57H36N2. The van der Waals surface area contributed by atoms with E-state index >= 15 is 0 Å². The van der Waals surface area contributed by atoms with Gasteiger partial charge in [-0.25, -0.2) is 0 Å². The summed E-state index contributed by atoms with van der Waals surface area (Å²) < 4.78 is 4.99. The van der Waals surface area contributed by atoms with Crippen LogP contribution in [0, 0.1) is 0 Å². The van der Waals surface area contributed by atoms with E-state index < -0.39 is 0 Å². The fourth-order valence-corrected chi connectivity index (χ4v) is 10.4. The quantitative estimate of drug-likeness (QED) is 0.170. The van der Waals surface area contributed by atoms with E-state index in [1.807, 2.05) is 0 Å². The maximum absolute atomic E-state index is 2.54. The van der Waals surface area contributed by atoms with Crippen molar-refractivity contribution < 1.29 is 0 Å². The second-order valence-electron chi connectivity index (χ2n) is 16.0. The average Bonchev–Trinajstić information content (AvgIpc) is 3.94. The van der Waals surface area contributed by atoms with Gasteiger partial charge in [0.05, 0.1) is 27.8 Å². The van der Waals surface area contributed by atoms with Crippen molar-refractivity contribution in [1.29, 1.82) is 0 Å². The molecule has 0 aliphatic heterocycles. The lowest BCUT2D eigenvalue weighted by atomic mass is 9.88. The summed E-state index contributed by atoms with van der Waals surface area (Å²) in [5.41, 5.74) is 16.4. The highest BCUT2D eigenvalue weighted by Crippen LogP contribution is 2.53. The van der Waals surface area contributed by atoms with Gasteiger partial charge in [0.1, 0.15) is 0 Å². The van der Waals surface area contributed by atoms with Crippen molar-refractivity contribution in [2.45, 2.75) is 5.92 Å². The van der Waals surface area contributed by atoms with Crippen molar-refractivity contribution in [3.63, 3.8) is 0 Å². The molecule has 274 valence electrons. The predicted molar refractivity (Wildman–Crippen MR) is 248 cm³/mol. The van der Waals surface area contributed by atoms with Gasteiger partial charge >= 0.3 is 0 Å². The molecule has 1 unspecified atom stereocenters. The Hall–Kier alpha value is -7.68. The Balaban J connectivity index is 1.07. The largest absolute Gasteiger partial charge is 0.309 e. The van der Waals surface area contributed by atoms with Gasteiger partial charge in [0.15, 0.2) is 0 Å². The molecule has 1 aliphatic rings. The van der Waals surface area contributed by atoms with Crippen LogP contribution in [0.5, 0.6) is 0 Å². The van der Waals surface area contributed by atoms with Gasteiger partial charge < -0.3 is 9.13 Å². The van der Waals surface area contributed by atoms with Gasteiger partial charge in [-0.05, 0) is 104 Å². The van der Waals surface area contributed by atoms with E-state index in [9.17, 15) is 0 Å². The molecule has 2 heteroatoms. The summed E-state index contributed by atoms with van der Waals surface area (Å²) in [6, 6.07) is 78.8. The summed E-state index contributed by atoms with van der Waals surface area (Å²) in [5, 5.41) is 10.0. The molecular weight excluding hydrogens is 713 g/mol. The first-order valence-electron chi connectivity index (χ1n) is 20.5. The molecule has 1 aliphatic carbocycles. The standard InChI is InChI=1S/C57H36N2/c1-2-15-38(16-3-1)55-46-22-9-8-20-44(46)47-29-30-48-50-35-41(26-31-53(50)58(57(48)56(47)55)42-28-25-36-13-4-5-17-39(36)33-42)40-27-32-54-49(34-40)45-21-10-11-23-52(45)59(54)51-24-12-18-37-14-6-7-19-43(37)51/h1-35,55H. The molecule has 0 spiro atoms. The third-order valence-electron chi connectivity index (χ3n) is 13.0. The third-order valence-corrected chi connectivity index (χ3v) is 13.0. The molecule has 2 nitrogen and oxygen atoms in total. The van der Waals surface area contributed by atoms with Crippen LogP contribution in [-0.2, 0) is 0 Å². The van der Waals surface area contributed by atoms with E-state index in [4.69, 9.17) is 0 Å². The van der Waals surface area contributed by atoms with Gasteiger partial charge in [-0.15, -0.1) is 0 Å².